The van der Waals surface area contributed by atoms with Gasteiger partial charge in [0.2, 0.25) is 11.8 Å². The average Bonchev–Trinajstić information content (AvgIpc) is 2.98. The minimum Gasteiger partial charge on any atom is -0.497 e. The zero-order chi connectivity index (χ0) is 29.9. The third-order valence-electron chi connectivity index (χ3n) is 6.70. The molecule has 0 spiro atoms. The molecule has 0 aliphatic heterocycles. The maximum atomic E-state index is 13.3. The van der Waals surface area contributed by atoms with Gasteiger partial charge in [-0.2, -0.15) is 0 Å². The molecule has 1 aliphatic rings. The summed E-state index contributed by atoms with van der Waals surface area (Å²) in [5, 5.41) is 33.1. The fourth-order valence-electron chi connectivity index (χ4n) is 4.65. The summed E-state index contributed by atoms with van der Waals surface area (Å²) in [5.41, 5.74) is 1.85. The molecule has 1 aliphatic carbocycles. The van der Waals surface area contributed by atoms with Crippen LogP contribution in [0.25, 0.3) is 0 Å². The molecule has 0 saturated carbocycles. The first-order valence-electron chi connectivity index (χ1n) is 13.1. The number of carbonyl (C=O) groups is 2. The average molecular weight is 685 g/mol. The molecule has 4 N–H and O–H groups in total. The minimum atomic E-state index is -1.21. The lowest BCUT2D eigenvalue weighted by atomic mass is 9.88. The van der Waals surface area contributed by atoms with Crippen LogP contribution in [0.2, 0.25) is 0 Å². The molecular weight excluding hydrogens is 647 g/mol. The van der Waals surface area contributed by atoms with E-state index < -0.39 is 24.2 Å². The Morgan fingerprint density at radius 2 is 1.88 bits per heavy atom. The Labute approximate surface area is 253 Å². The molecule has 12 heteroatoms. The van der Waals surface area contributed by atoms with Gasteiger partial charge in [-0.05, 0) is 70.5 Å². The van der Waals surface area contributed by atoms with Crippen molar-refractivity contribution < 1.29 is 43.9 Å². The third-order valence-corrected chi connectivity index (χ3v) is 7.51. The first kappa shape index (κ1) is 32.6. The number of ether oxygens (including phenoxy) is 4. The number of hydrogen-bond donors (Lipinski definition) is 4. The van der Waals surface area contributed by atoms with Gasteiger partial charge in [0.15, 0.2) is 11.5 Å². The van der Waals surface area contributed by atoms with Gasteiger partial charge in [0.25, 0.3) is 0 Å². The predicted molar refractivity (Wildman–Crippen MR) is 159 cm³/mol. The molecular formula is C29H37IN2O9. The van der Waals surface area contributed by atoms with Crippen LogP contribution in [0.5, 0.6) is 17.2 Å². The molecule has 2 amide bonds. The Morgan fingerprint density at radius 1 is 1.10 bits per heavy atom. The van der Waals surface area contributed by atoms with Crippen LogP contribution in [0.15, 0.2) is 48.0 Å². The highest BCUT2D eigenvalue weighted by atomic mass is 127. The number of amides is 2. The van der Waals surface area contributed by atoms with Crippen LogP contribution in [-0.2, 0) is 27.4 Å². The fraction of sp³-hybridized carbons (Fsp3) is 0.448. The normalized spacial score (nSPS) is 18.3. The van der Waals surface area contributed by atoms with Gasteiger partial charge in [-0.15, -0.1) is 0 Å². The SMILES string of the molecule is COCC(=O)N(CCc1cccc(OC)c1)[C@@H]1CC(C(=O)NCCO)=C[C@H](Oc2c(I)cc(CO)cc2OC)[C@H]1O. The summed E-state index contributed by atoms with van der Waals surface area (Å²) in [7, 11) is 4.46. The van der Waals surface area contributed by atoms with Crippen molar-refractivity contribution in [2.24, 2.45) is 0 Å². The fourth-order valence-corrected chi connectivity index (χ4v) is 5.45. The number of hydrogen-bond acceptors (Lipinski definition) is 9. The summed E-state index contributed by atoms with van der Waals surface area (Å²) in [4.78, 5) is 27.8. The molecule has 11 nitrogen and oxygen atoms in total. The quantitative estimate of drug-likeness (QED) is 0.217. The van der Waals surface area contributed by atoms with E-state index in [-0.39, 0.29) is 45.2 Å². The number of methoxy groups -OCH3 is 3. The molecule has 2 aromatic rings. The highest BCUT2D eigenvalue weighted by molar-refractivity contribution is 14.1. The molecule has 3 atom stereocenters. The van der Waals surface area contributed by atoms with E-state index in [0.29, 0.717) is 38.4 Å². The monoisotopic (exact) mass is 684 g/mol. The molecule has 0 fully saturated rings. The standard InChI is InChI=1S/C29H37IN2O9/c1-38-17-26(35)32(9-7-18-5-4-6-21(11-18)39-2)23-14-20(29(37)31-8-10-33)15-24(27(23)36)41-28-22(30)12-19(16-34)13-25(28)40-3/h4-6,11-13,15,23-24,27,33-34,36H,7-10,14,16-17H2,1-3H3,(H,31,37)/t23-,24+,27+/m1/s1. The molecule has 0 saturated heterocycles. The van der Waals surface area contributed by atoms with Gasteiger partial charge in [0.1, 0.15) is 24.6 Å². The maximum Gasteiger partial charge on any atom is 0.248 e. The Kier molecular flexibility index (Phi) is 12.7. The van der Waals surface area contributed by atoms with Gasteiger partial charge >= 0.3 is 0 Å². The van der Waals surface area contributed by atoms with Crippen LogP contribution in [0.3, 0.4) is 0 Å². The maximum absolute atomic E-state index is 13.3. The number of benzene rings is 2. The number of carbonyl (C=O) groups excluding carboxylic acids is 2. The van der Waals surface area contributed by atoms with Gasteiger partial charge < -0.3 is 44.5 Å². The number of rotatable bonds is 14. The van der Waals surface area contributed by atoms with E-state index in [2.05, 4.69) is 5.32 Å². The Morgan fingerprint density at radius 3 is 2.54 bits per heavy atom. The van der Waals surface area contributed by atoms with Gasteiger partial charge in [0.05, 0.1) is 37.0 Å². The summed E-state index contributed by atoms with van der Waals surface area (Å²) in [5.74, 6) is 0.571. The van der Waals surface area contributed by atoms with Crippen LogP contribution in [0.1, 0.15) is 17.5 Å². The van der Waals surface area contributed by atoms with Gasteiger partial charge in [-0.25, -0.2) is 0 Å². The summed E-state index contributed by atoms with van der Waals surface area (Å²) in [6.45, 7) is -0.361. The highest BCUT2D eigenvalue weighted by Crippen LogP contribution is 2.37. The van der Waals surface area contributed by atoms with Crippen LogP contribution in [0, 0.1) is 3.57 Å². The number of nitrogens with one attached hydrogen (secondary N) is 1. The van der Waals surface area contributed by atoms with Crippen molar-refractivity contribution in [1.82, 2.24) is 10.2 Å². The zero-order valence-corrected chi connectivity index (χ0v) is 25.5. The Balaban J connectivity index is 1.98. The molecule has 0 aromatic heterocycles. The summed E-state index contributed by atoms with van der Waals surface area (Å²) >= 11 is 2.05. The minimum absolute atomic E-state index is 0.0470. The highest BCUT2D eigenvalue weighted by Gasteiger charge is 2.40. The molecule has 0 radical (unpaired) electrons. The second-order valence-corrected chi connectivity index (χ2v) is 10.6. The largest absolute Gasteiger partial charge is 0.497 e. The van der Waals surface area contributed by atoms with Crippen molar-refractivity contribution in [1.29, 1.82) is 0 Å². The lowest BCUT2D eigenvalue weighted by Gasteiger charge is -2.40. The van der Waals surface area contributed by atoms with Crippen molar-refractivity contribution in [3.63, 3.8) is 0 Å². The second kappa shape index (κ2) is 15.9. The summed E-state index contributed by atoms with van der Waals surface area (Å²) in [6.07, 6.45) is -0.186. The van der Waals surface area contributed by atoms with Crippen LogP contribution in [-0.4, -0.2) is 97.9 Å². The van der Waals surface area contributed by atoms with Crippen LogP contribution >= 0.6 is 22.6 Å². The van der Waals surface area contributed by atoms with E-state index in [0.717, 1.165) is 5.56 Å². The number of aliphatic hydroxyl groups is 3. The van der Waals surface area contributed by atoms with Crippen LogP contribution in [0.4, 0.5) is 0 Å². The third kappa shape index (κ3) is 8.55. The van der Waals surface area contributed by atoms with Crippen LogP contribution < -0.4 is 19.5 Å². The van der Waals surface area contributed by atoms with E-state index in [1.807, 2.05) is 46.9 Å². The zero-order valence-electron chi connectivity index (χ0n) is 23.3. The molecule has 0 bridgehead atoms. The van der Waals surface area contributed by atoms with Crippen molar-refractivity contribution in [2.75, 3.05) is 47.6 Å². The second-order valence-electron chi connectivity index (χ2n) is 9.40. The van der Waals surface area contributed by atoms with Gasteiger partial charge in [0, 0.05) is 32.2 Å². The summed E-state index contributed by atoms with van der Waals surface area (Å²) in [6, 6.07) is 10.0. The van der Waals surface area contributed by atoms with E-state index in [1.54, 1.807) is 19.2 Å². The Hall–Kier alpha value is -2.91. The molecule has 0 heterocycles. The van der Waals surface area contributed by atoms with Gasteiger partial charge in [-0.1, -0.05) is 12.1 Å². The van der Waals surface area contributed by atoms with Crippen molar-refractivity contribution in [3.8, 4) is 17.2 Å². The van der Waals surface area contributed by atoms with Crippen molar-refractivity contribution >= 4 is 34.4 Å². The summed E-state index contributed by atoms with van der Waals surface area (Å²) < 4.78 is 22.8. The molecule has 41 heavy (non-hydrogen) atoms. The number of halogens is 1. The van der Waals surface area contributed by atoms with E-state index in [1.165, 1.54) is 25.2 Å². The Bertz CT molecular complexity index is 1220. The first-order chi connectivity index (χ1) is 19.8. The number of aliphatic hydroxyl groups excluding tert-OH is 3. The van der Waals surface area contributed by atoms with E-state index >= 15 is 0 Å². The molecule has 224 valence electrons. The predicted octanol–water partition coefficient (Wildman–Crippen LogP) is 1.43. The van der Waals surface area contributed by atoms with E-state index in [9.17, 15) is 24.9 Å². The van der Waals surface area contributed by atoms with Crippen molar-refractivity contribution in [2.45, 2.75) is 37.7 Å². The molecule has 2 aromatic carbocycles. The lowest BCUT2D eigenvalue weighted by molar-refractivity contribution is -0.142. The van der Waals surface area contributed by atoms with E-state index in [4.69, 9.17) is 18.9 Å². The molecule has 3 rings (SSSR count). The smallest absolute Gasteiger partial charge is 0.248 e. The van der Waals surface area contributed by atoms with Crippen molar-refractivity contribution in [3.05, 3.63) is 62.7 Å². The first-order valence-corrected chi connectivity index (χ1v) is 14.2. The number of nitrogens with zero attached hydrogens (tertiary/aromatic N) is 1. The van der Waals surface area contributed by atoms with Gasteiger partial charge in [-0.3, -0.25) is 9.59 Å². The topological polar surface area (TPSA) is 147 Å². The molecule has 0 unspecified atom stereocenters. The lowest BCUT2D eigenvalue weighted by Crippen LogP contribution is -2.56.